The van der Waals surface area contributed by atoms with E-state index < -0.39 is 21.7 Å². The van der Waals surface area contributed by atoms with Crippen LogP contribution in [0.5, 0.6) is 0 Å². The largest absolute Gasteiger partial charge is 0.468 e. The normalized spacial score (nSPS) is 21.7. The molecule has 0 N–H and O–H groups in total. The first-order chi connectivity index (χ1) is 8.86. The summed E-state index contributed by atoms with van der Waals surface area (Å²) in [6.45, 7) is 1.83. The molecule has 7 heteroatoms. The van der Waals surface area contributed by atoms with E-state index in [-0.39, 0.29) is 18.2 Å². The summed E-state index contributed by atoms with van der Waals surface area (Å²) in [6.07, 6.45) is 3.48. The molecule has 110 valence electrons. The number of hydrogen-bond donors (Lipinski definition) is 0. The fourth-order valence-electron chi connectivity index (χ4n) is 2.34. The van der Waals surface area contributed by atoms with Gasteiger partial charge in [0.15, 0.2) is 5.75 Å². The summed E-state index contributed by atoms with van der Waals surface area (Å²) >= 11 is 0. The molecule has 1 fully saturated rings. The number of ether oxygens (including phenoxy) is 1. The lowest BCUT2D eigenvalue weighted by Gasteiger charge is -2.28. The topological polar surface area (TPSA) is 80.8 Å². The standard InChI is InChI=1S/C12H21NO5S/c1-10(14)8-11-6-4-3-5-7-13(11)19(16,17)9-12(15)18-2/h11H,3-9H2,1-2H3. The maximum atomic E-state index is 12.2. The van der Waals surface area contributed by atoms with Gasteiger partial charge in [-0.25, -0.2) is 8.42 Å². The lowest BCUT2D eigenvalue weighted by Crippen LogP contribution is -2.43. The van der Waals surface area contributed by atoms with Gasteiger partial charge in [-0.2, -0.15) is 4.31 Å². The van der Waals surface area contributed by atoms with Crippen molar-refractivity contribution in [1.82, 2.24) is 4.31 Å². The fraction of sp³-hybridized carbons (Fsp3) is 0.833. The van der Waals surface area contributed by atoms with Crippen LogP contribution in [0.4, 0.5) is 0 Å². The highest BCUT2D eigenvalue weighted by Crippen LogP contribution is 2.23. The molecule has 0 amide bonds. The smallest absolute Gasteiger partial charge is 0.322 e. The second-order valence-electron chi connectivity index (χ2n) is 4.85. The van der Waals surface area contributed by atoms with Crippen LogP contribution in [-0.4, -0.2) is 49.9 Å². The second-order valence-corrected chi connectivity index (χ2v) is 6.77. The maximum Gasteiger partial charge on any atom is 0.322 e. The summed E-state index contributed by atoms with van der Waals surface area (Å²) in [5, 5.41) is 0. The van der Waals surface area contributed by atoms with Crippen LogP contribution in [0.2, 0.25) is 0 Å². The average Bonchev–Trinajstić information content (AvgIpc) is 2.53. The van der Waals surface area contributed by atoms with E-state index >= 15 is 0 Å². The van der Waals surface area contributed by atoms with E-state index in [0.717, 1.165) is 26.4 Å². The van der Waals surface area contributed by atoms with Gasteiger partial charge in [-0.1, -0.05) is 12.8 Å². The minimum Gasteiger partial charge on any atom is -0.468 e. The molecule has 1 rings (SSSR count). The molecule has 0 bridgehead atoms. The van der Waals surface area contributed by atoms with Gasteiger partial charge in [-0.15, -0.1) is 0 Å². The van der Waals surface area contributed by atoms with Crippen molar-refractivity contribution in [2.45, 2.75) is 45.1 Å². The van der Waals surface area contributed by atoms with E-state index in [9.17, 15) is 18.0 Å². The summed E-state index contributed by atoms with van der Waals surface area (Å²) in [5.41, 5.74) is 0. The van der Waals surface area contributed by atoms with Gasteiger partial charge in [0.2, 0.25) is 10.0 Å². The van der Waals surface area contributed by atoms with Crippen LogP contribution in [0.15, 0.2) is 0 Å². The number of carbonyl (C=O) groups excluding carboxylic acids is 2. The van der Waals surface area contributed by atoms with Crippen LogP contribution >= 0.6 is 0 Å². The monoisotopic (exact) mass is 291 g/mol. The second kappa shape index (κ2) is 7.00. The third-order valence-corrected chi connectivity index (χ3v) is 5.03. The Kier molecular flexibility index (Phi) is 5.93. The van der Waals surface area contributed by atoms with Crippen LogP contribution in [0.25, 0.3) is 0 Å². The molecule has 1 unspecified atom stereocenters. The predicted molar refractivity (Wildman–Crippen MR) is 70.1 cm³/mol. The molecule has 1 atom stereocenters. The van der Waals surface area contributed by atoms with Crippen molar-refractivity contribution < 1.29 is 22.7 Å². The molecular formula is C12H21NO5S. The number of esters is 1. The van der Waals surface area contributed by atoms with Gasteiger partial charge < -0.3 is 4.74 Å². The van der Waals surface area contributed by atoms with Gasteiger partial charge in [0, 0.05) is 19.0 Å². The molecule has 1 heterocycles. The first-order valence-electron chi connectivity index (χ1n) is 6.42. The molecule has 0 aromatic carbocycles. The molecule has 0 radical (unpaired) electrons. The van der Waals surface area contributed by atoms with Crippen LogP contribution in [0.3, 0.4) is 0 Å². The van der Waals surface area contributed by atoms with E-state index in [4.69, 9.17) is 0 Å². The summed E-state index contributed by atoms with van der Waals surface area (Å²) in [6, 6.07) is -0.324. The zero-order valence-corrected chi connectivity index (χ0v) is 12.2. The highest BCUT2D eigenvalue weighted by atomic mass is 32.2. The molecule has 0 aromatic rings. The maximum absolute atomic E-state index is 12.2. The van der Waals surface area contributed by atoms with Crippen LogP contribution < -0.4 is 0 Å². The van der Waals surface area contributed by atoms with Crippen molar-refractivity contribution in [1.29, 1.82) is 0 Å². The average molecular weight is 291 g/mol. The number of hydrogen-bond acceptors (Lipinski definition) is 5. The Bertz CT molecular complexity index is 431. The summed E-state index contributed by atoms with van der Waals surface area (Å²) in [7, 11) is -2.55. The zero-order valence-electron chi connectivity index (χ0n) is 11.4. The van der Waals surface area contributed by atoms with Gasteiger partial charge >= 0.3 is 5.97 Å². The van der Waals surface area contributed by atoms with Crippen molar-refractivity contribution in [2.75, 3.05) is 19.4 Å². The lowest BCUT2D eigenvalue weighted by molar-refractivity contribution is -0.137. The number of ketones is 1. The third-order valence-electron chi connectivity index (χ3n) is 3.23. The minimum atomic E-state index is -3.71. The molecule has 0 saturated carbocycles. The molecular weight excluding hydrogens is 270 g/mol. The quantitative estimate of drug-likeness (QED) is 0.697. The van der Waals surface area contributed by atoms with E-state index in [1.807, 2.05) is 0 Å². The molecule has 0 spiro atoms. The van der Waals surface area contributed by atoms with Gasteiger partial charge in [-0.3, -0.25) is 9.59 Å². The van der Waals surface area contributed by atoms with Gasteiger partial charge in [-0.05, 0) is 19.8 Å². The van der Waals surface area contributed by atoms with Gasteiger partial charge in [0.05, 0.1) is 7.11 Å². The molecule has 1 aliphatic heterocycles. The van der Waals surface area contributed by atoms with E-state index in [1.54, 1.807) is 0 Å². The molecule has 6 nitrogen and oxygen atoms in total. The number of carbonyl (C=O) groups is 2. The van der Waals surface area contributed by atoms with E-state index in [2.05, 4.69) is 4.74 Å². The zero-order chi connectivity index (χ0) is 14.5. The Hall–Kier alpha value is -0.950. The van der Waals surface area contributed by atoms with Crippen molar-refractivity contribution in [3.63, 3.8) is 0 Å². The number of rotatable bonds is 5. The molecule has 19 heavy (non-hydrogen) atoms. The Balaban J connectivity index is 2.89. The predicted octanol–water partition coefficient (Wildman–Crippen LogP) is 0.713. The Labute approximate surface area is 114 Å². The molecule has 1 aliphatic rings. The third kappa shape index (κ3) is 4.91. The fourth-order valence-corrected chi connectivity index (χ4v) is 3.97. The van der Waals surface area contributed by atoms with Crippen LogP contribution in [-0.2, 0) is 24.3 Å². The summed E-state index contributed by atoms with van der Waals surface area (Å²) < 4.78 is 30.2. The SMILES string of the molecule is COC(=O)CS(=O)(=O)N1CCCCCC1CC(C)=O. The van der Waals surface area contributed by atoms with Crippen LogP contribution in [0.1, 0.15) is 39.0 Å². The molecule has 0 aromatic heterocycles. The Morgan fingerprint density at radius 2 is 1.95 bits per heavy atom. The van der Waals surface area contributed by atoms with Crippen molar-refractivity contribution >= 4 is 21.8 Å². The first kappa shape index (κ1) is 16.1. The summed E-state index contributed by atoms with van der Waals surface area (Å²) in [5.74, 6) is -1.46. The number of sulfonamides is 1. The molecule has 0 aliphatic carbocycles. The number of nitrogens with zero attached hydrogens (tertiary/aromatic N) is 1. The van der Waals surface area contributed by atoms with Crippen molar-refractivity contribution in [3.05, 3.63) is 0 Å². The first-order valence-corrected chi connectivity index (χ1v) is 8.03. The molecule has 1 saturated heterocycles. The number of methoxy groups -OCH3 is 1. The Morgan fingerprint density at radius 3 is 2.53 bits per heavy atom. The van der Waals surface area contributed by atoms with E-state index in [0.29, 0.717) is 13.0 Å². The highest BCUT2D eigenvalue weighted by molar-refractivity contribution is 7.89. The van der Waals surface area contributed by atoms with Gasteiger partial charge in [0.1, 0.15) is 5.78 Å². The number of Topliss-reactive ketones (excluding diaryl/α,β-unsaturated/α-hetero) is 1. The van der Waals surface area contributed by atoms with Gasteiger partial charge in [0.25, 0.3) is 0 Å². The highest BCUT2D eigenvalue weighted by Gasteiger charge is 2.33. The Morgan fingerprint density at radius 1 is 1.26 bits per heavy atom. The van der Waals surface area contributed by atoms with Crippen LogP contribution in [0, 0.1) is 0 Å². The lowest BCUT2D eigenvalue weighted by atomic mass is 10.1. The van der Waals surface area contributed by atoms with E-state index in [1.165, 1.54) is 11.2 Å². The van der Waals surface area contributed by atoms with Crippen molar-refractivity contribution in [3.8, 4) is 0 Å². The summed E-state index contributed by atoms with van der Waals surface area (Å²) in [4.78, 5) is 22.5. The minimum absolute atomic E-state index is 0.0369. The van der Waals surface area contributed by atoms with Crippen molar-refractivity contribution in [2.24, 2.45) is 0 Å².